The Morgan fingerprint density at radius 2 is 1.64 bits per heavy atom. The zero-order valence-electron chi connectivity index (χ0n) is 7.78. The van der Waals surface area contributed by atoms with Crippen LogP contribution < -0.4 is 0 Å². The van der Waals surface area contributed by atoms with Crippen LogP contribution in [0.5, 0.6) is 0 Å². The molecule has 6 N–H and O–H groups in total. The molecule has 0 fully saturated rings. The van der Waals surface area contributed by atoms with Gasteiger partial charge in [-0.25, -0.2) is 0 Å². The van der Waals surface area contributed by atoms with Crippen molar-refractivity contribution in [1.82, 2.24) is 0 Å². The first-order chi connectivity index (χ1) is 6.45. The summed E-state index contributed by atoms with van der Waals surface area (Å²) < 4.78 is 0. The van der Waals surface area contributed by atoms with Crippen LogP contribution >= 0.6 is 0 Å². The van der Waals surface area contributed by atoms with Crippen molar-refractivity contribution in [2.45, 2.75) is 31.3 Å². The summed E-state index contributed by atoms with van der Waals surface area (Å²) in [5.41, 5.74) is 0. The molecule has 0 aliphatic heterocycles. The SMILES string of the molecule is CC=C(O)C(O)C(O)C(O)C(O)CO. The maximum atomic E-state index is 9.22. The second-order valence-electron chi connectivity index (χ2n) is 2.89. The smallest absolute Gasteiger partial charge is 0.139 e. The molecule has 0 saturated heterocycles. The van der Waals surface area contributed by atoms with Gasteiger partial charge >= 0.3 is 0 Å². The molecule has 84 valence electrons. The second-order valence-corrected chi connectivity index (χ2v) is 2.89. The lowest BCUT2D eigenvalue weighted by Crippen LogP contribution is -2.46. The number of aliphatic hydroxyl groups excluding tert-OH is 6. The minimum absolute atomic E-state index is 0.512. The molecule has 0 bridgehead atoms. The Bertz CT molecular complexity index is 192. The third-order valence-corrected chi connectivity index (χ3v) is 1.85. The Kier molecular flexibility index (Phi) is 5.66. The molecule has 0 radical (unpaired) electrons. The van der Waals surface area contributed by atoms with Gasteiger partial charge in [0.15, 0.2) is 0 Å². The zero-order chi connectivity index (χ0) is 11.3. The molecule has 6 heteroatoms. The molecule has 0 saturated carbocycles. The van der Waals surface area contributed by atoms with E-state index < -0.39 is 36.8 Å². The number of allylic oxidation sites excluding steroid dienone is 1. The van der Waals surface area contributed by atoms with E-state index in [-0.39, 0.29) is 0 Å². The molecule has 0 spiro atoms. The Morgan fingerprint density at radius 3 is 2.00 bits per heavy atom. The molecule has 0 aromatic rings. The molecule has 0 rings (SSSR count). The maximum Gasteiger partial charge on any atom is 0.139 e. The molecular formula is C8H16O6. The molecule has 0 aliphatic carbocycles. The lowest BCUT2D eigenvalue weighted by atomic mass is 10.0. The molecule has 6 nitrogen and oxygen atoms in total. The number of hydrogen-bond acceptors (Lipinski definition) is 6. The van der Waals surface area contributed by atoms with Crippen molar-refractivity contribution in [2.24, 2.45) is 0 Å². The highest BCUT2D eigenvalue weighted by Gasteiger charge is 2.31. The number of hydrogen-bond donors (Lipinski definition) is 6. The van der Waals surface area contributed by atoms with Crippen LogP contribution in [-0.2, 0) is 0 Å². The summed E-state index contributed by atoms with van der Waals surface area (Å²) in [6.07, 6.45) is -5.59. The van der Waals surface area contributed by atoms with E-state index in [1.54, 1.807) is 0 Å². The van der Waals surface area contributed by atoms with Crippen molar-refractivity contribution in [3.8, 4) is 0 Å². The van der Waals surface area contributed by atoms with Gasteiger partial charge in [0.05, 0.1) is 6.61 Å². The normalized spacial score (nSPS) is 21.4. The molecule has 14 heavy (non-hydrogen) atoms. The van der Waals surface area contributed by atoms with Crippen molar-refractivity contribution in [2.75, 3.05) is 6.61 Å². The molecule has 0 amide bonds. The lowest BCUT2D eigenvalue weighted by molar-refractivity contribution is -0.113. The second kappa shape index (κ2) is 5.94. The van der Waals surface area contributed by atoms with Crippen LogP contribution in [0.3, 0.4) is 0 Å². The summed E-state index contributed by atoms with van der Waals surface area (Å²) in [5, 5.41) is 53.9. The van der Waals surface area contributed by atoms with Gasteiger partial charge in [0, 0.05) is 0 Å². The summed E-state index contributed by atoms with van der Waals surface area (Å²) in [6, 6.07) is 0. The summed E-state index contributed by atoms with van der Waals surface area (Å²) >= 11 is 0. The van der Waals surface area contributed by atoms with Gasteiger partial charge in [0.25, 0.3) is 0 Å². The quantitative estimate of drug-likeness (QED) is 0.287. The zero-order valence-corrected chi connectivity index (χ0v) is 7.78. The van der Waals surface area contributed by atoms with E-state index >= 15 is 0 Å². The van der Waals surface area contributed by atoms with Crippen LogP contribution in [0.25, 0.3) is 0 Å². The molecular weight excluding hydrogens is 192 g/mol. The standard InChI is InChI=1S/C8H16O6/c1-2-4(10)6(12)8(14)7(13)5(11)3-9/h2,5-14H,3H2,1H3. The van der Waals surface area contributed by atoms with E-state index in [2.05, 4.69) is 0 Å². The van der Waals surface area contributed by atoms with Crippen molar-refractivity contribution in [1.29, 1.82) is 0 Å². The van der Waals surface area contributed by atoms with Crippen LogP contribution in [0.2, 0.25) is 0 Å². The molecule has 0 aliphatic rings. The van der Waals surface area contributed by atoms with Crippen LogP contribution in [0.4, 0.5) is 0 Å². The Balaban J connectivity index is 4.38. The van der Waals surface area contributed by atoms with Gasteiger partial charge in [-0.05, 0) is 13.0 Å². The first-order valence-electron chi connectivity index (χ1n) is 4.14. The molecule has 0 aromatic carbocycles. The van der Waals surface area contributed by atoms with Crippen LogP contribution in [-0.4, -0.2) is 61.7 Å². The molecule has 4 unspecified atom stereocenters. The van der Waals surface area contributed by atoms with E-state index in [0.29, 0.717) is 0 Å². The van der Waals surface area contributed by atoms with E-state index in [0.717, 1.165) is 6.08 Å². The minimum atomic E-state index is -1.76. The summed E-state index contributed by atoms with van der Waals surface area (Å²) in [7, 11) is 0. The van der Waals surface area contributed by atoms with Gasteiger partial charge in [-0.1, -0.05) is 0 Å². The number of rotatable bonds is 5. The van der Waals surface area contributed by atoms with Gasteiger partial charge in [0.1, 0.15) is 30.2 Å². The van der Waals surface area contributed by atoms with E-state index in [1.807, 2.05) is 0 Å². The average Bonchev–Trinajstić information content (AvgIpc) is 2.23. The fraction of sp³-hybridized carbons (Fsp3) is 0.750. The third kappa shape index (κ3) is 3.24. The Morgan fingerprint density at radius 1 is 1.14 bits per heavy atom. The third-order valence-electron chi connectivity index (χ3n) is 1.85. The average molecular weight is 208 g/mol. The van der Waals surface area contributed by atoms with E-state index in [9.17, 15) is 10.2 Å². The molecule has 4 atom stereocenters. The van der Waals surface area contributed by atoms with E-state index in [4.69, 9.17) is 20.4 Å². The Labute approximate surface area is 81.4 Å². The van der Waals surface area contributed by atoms with Crippen molar-refractivity contribution >= 4 is 0 Å². The van der Waals surface area contributed by atoms with Gasteiger partial charge in [-0.3, -0.25) is 0 Å². The summed E-state index contributed by atoms with van der Waals surface area (Å²) in [4.78, 5) is 0. The highest BCUT2D eigenvalue weighted by Crippen LogP contribution is 2.10. The monoisotopic (exact) mass is 208 g/mol. The first-order valence-corrected chi connectivity index (χ1v) is 4.14. The largest absolute Gasteiger partial charge is 0.510 e. The summed E-state index contributed by atoms with van der Waals surface area (Å²) in [6.45, 7) is 0.682. The highest BCUT2D eigenvalue weighted by molar-refractivity contribution is 5.01. The topological polar surface area (TPSA) is 121 Å². The first kappa shape index (κ1) is 13.3. The minimum Gasteiger partial charge on any atom is -0.510 e. The van der Waals surface area contributed by atoms with Crippen molar-refractivity contribution in [3.63, 3.8) is 0 Å². The lowest BCUT2D eigenvalue weighted by Gasteiger charge is -2.25. The van der Waals surface area contributed by atoms with Gasteiger partial charge in [-0.2, -0.15) is 0 Å². The van der Waals surface area contributed by atoms with Crippen molar-refractivity contribution < 1.29 is 30.6 Å². The molecule has 0 aromatic heterocycles. The van der Waals surface area contributed by atoms with Crippen LogP contribution in [0, 0.1) is 0 Å². The van der Waals surface area contributed by atoms with Crippen LogP contribution in [0.15, 0.2) is 11.8 Å². The van der Waals surface area contributed by atoms with Crippen molar-refractivity contribution in [3.05, 3.63) is 11.8 Å². The van der Waals surface area contributed by atoms with Crippen LogP contribution in [0.1, 0.15) is 6.92 Å². The van der Waals surface area contributed by atoms with E-state index in [1.165, 1.54) is 6.92 Å². The fourth-order valence-corrected chi connectivity index (χ4v) is 0.868. The van der Waals surface area contributed by atoms with Gasteiger partial charge in [-0.15, -0.1) is 0 Å². The van der Waals surface area contributed by atoms with Gasteiger partial charge < -0.3 is 30.6 Å². The fourth-order valence-electron chi connectivity index (χ4n) is 0.868. The predicted molar refractivity (Wildman–Crippen MR) is 47.5 cm³/mol. The predicted octanol–water partition coefficient (Wildman–Crippen LogP) is -2.12. The number of aliphatic hydroxyl groups is 6. The summed E-state index contributed by atoms with van der Waals surface area (Å²) in [5.74, 6) is -0.512. The highest BCUT2D eigenvalue weighted by atomic mass is 16.4. The maximum absolute atomic E-state index is 9.22. The Hall–Kier alpha value is -0.660. The molecule has 0 heterocycles. The van der Waals surface area contributed by atoms with Gasteiger partial charge in [0.2, 0.25) is 0 Å².